The molecule has 0 bridgehead atoms. The number of rotatable bonds is 6. The maximum absolute atomic E-state index is 13.5. The van der Waals surface area contributed by atoms with Crippen molar-refractivity contribution in [2.45, 2.75) is 50.1 Å². The third-order valence-electron chi connectivity index (χ3n) is 5.96. The number of aliphatic imine (C=N–C) groups is 1. The minimum atomic E-state index is -3.25. The second-order valence-electron chi connectivity index (χ2n) is 10.1. The number of sulfone groups is 1. The van der Waals surface area contributed by atoms with Crippen LogP contribution in [0, 0.1) is 0 Å². The maximum Gasteiger partial charge on any atom is 0.408 e. The minimum Gasteiger partial charge on any atom is -0.495 e. The zero-order valence-corrected chi connectivity index (χ0v) is 23.9. The highest BCUT2D eigenvalue weighted by Gasteiger charge is 2.49. The summed E-state index contributed by atoms with van der Waals surface area (Å²) >= 11 is 7.61. The Hall–Kier alpha value is -2.76. The van der Waals surface area contributed by atoms with Gasteiger partial charge in [-0.05, 0) is 44.5 Å². The summed E-state index contributed by atoms with van der Waals surface area (Å²) in [4.78, 5) is 32.3. The van der Waals surface area contributed by atoms with Crippen LogP contribution in [0.1, 0.15) is 26.3 Å². The molecule has 0 aliphatic carbocycles. The molecule has 0 unspecified atom stereocenters. The molecule has 0 spiro atoms. The monoisotopic (exact) mass is 579 g/mol. The lowest BCUT2D eigenvalue weighted by atomic mass is 10.1. The first-order valence-corrected chi connectivity index (χ1v) is 15.1. The number of ether oxygens (including phenoxy) is 2. The zero-order chi connectivity index (χ0) is 27.7. The van der Waals surface area contributed by atoms with Crippen LogP contribution in [0.3, 0.4) is 0 Å². The van der Waals surface area contributed by atoms with Gasteiger partial charge in [-0.3, -0.25) is 4.79 Å². The quantitative estimate of drug-likeness (QED) is 0.544. The molecule has 204 valence electrons. The Kier molecular flexibility index (Phi) is 8.29. The van der Waals surface area contributed by atoms with Crippen LogP contribution in [-0.2, 0) is 25.8 Å². The Morgan fingerprint density at radius 3 is 2.53 bits per heavy atom. The number of thioether (sulfide) groups is 1. The number of hydrogen-bond donors (Lipinski definition) is 1. The summed E-state index contributed by atoms with van der Waals surface area (Å²) in [5.41, 5.74) is 0.687. The SMILES string of the molecule is COc1ccc(N2C(=NC(=O)[C@H](Cc3ccccc3)NC(=O)OC(C)(C)C)S[C@@H]3CS(=O)(=O)C[C@H]32)cc1Cl. The van der Waals surface area contributed by atoms with Crippen LogP contribution in [-0.4, -0.2) is 67.1 Å². The lowest BCUT2D eigenvalue weighted by Crippen LogP contribution is -2.45. The van der Waals surface area contributed by atoms with Crippen LogP contribution >= 0.6 is 23.4 Å². The van der Waals surface area contributed by atoms with Gasteiger partial charge in [0.05, 0.1) is 29.7 Å². The predicted molar refractivity (Wildman–Crippen MR) is 150 cm³/mol. The third-order valence-corrected chi connectivity index (χ3v) is 9.46. The number of carbonyl (C=O) groups is 2. The van der Waals surface area contributed by atoms with Crippen LogP contribution in [0.15, 0.2) is 53.5 Å². The van der Waals surface area contributed by atoms with E-state index in [4.69, 9.17) is 21.1 Å². The van der Waals surface area contributed by atoms with Gasteiger partial charge in [-0.15, -0.1) is 0 Å². The van der Waals surface area contributed by atoms with E-state index in [9.17, 15) is 18.0 Å². The number of amides is 2. The highest BCUT2D eigenvalue weighted by molar-refractivity contribution is 8.16. The molecule has 1 N–H and O–H groups in total. The van der Waals surface area contributed by atoms with Crippen molar-refractivity contribution in [1.82, 2.24) is 5.32 Å². The Bertz CT molecular complexity index is 1340. The normalized spacial score (nSPS) is 22.1. The van der Waals surface area contributed by atoms with Crippen molar-refractivity contribution in [1.29, 1.82) is 0 Å². The van der Waals surface area contributed by atoms with E-state index in [0.717, 1.165) is 5.56 Å². The molecule has 2 aliphatic rings. The summed E-state index contributed by atoms with van der Waals surface area (Å²) < 4.78 is 35.4. The van der Waals surface area contributed by atoms with E-state index in [-0.39, 0.29) is 23.2 Å². The van der Waals surface area contributed by atoms with E-state index in [1.54, 1.807) is 43.9 Å². The van der Waals surface area contributed by atoms with Crippen molar-refractivity contribution >= 4 is 56.1 Å². The second-order valence-corrected chi connectivity index (χ2v) is 13.9. The van der Waals surface area contributed by atoms with Crippen LogP contribution in [0.25, 0.3) is 0 Å². The highest BCUT2D eigenvalue weighted by Crippen LogP contribution is 2.42. The summed E-state index contributed by atoms with van der Waals surface area (Å²) in [7, 11) is -1.74. The fourth-order valence-electron chi connectivity index (χ4n) is 4.34. The van der Waals surface area contributed by atoms with E-state index in [1.807, 2.05) is 30.3 Å². The minimum absolute atomic E-state index is 0.0144. The molecule has 2 aliphatic heterocycles. The van der Waals surface area contributed by atoms with Gasteiger partial charge >= 0.3 is 6.09 Å². The third kappa shape index (κ3) is 6.81. The summed E-state index contributed by atoms with van der Waals surface area (Å²) in [6.07, 6.45) is -0.525. The lowest BCUT2D eigenvalue weighted by Gasteiger charge is -2.26. The van der Waals surface area contributed by atoms with Gasteiger partial charge in [0.2, 0.25) is 0 Å². The Labute approximate surface area is 231 Å². The van der Waals surface area contributed by atoms with Crippen molar-refractivity contribution in [3.63, 3.8) is 0 Å². The molecule has 0 aromatic heterocycles. The van der Waals surface area contributed by atoms with E-state index in [1.165, 1.54) is 18.9 Å². The first-order chi connectivity index (χ1) is 17.8. The van der Waals surface area contributed by atoms with Gasteiger partial charge in [-0.1, -0.05) is 53.7 Å². The number of nitrogens with one attached hydrogen (secondary N) is 1. The molecule has 0 saturated carbocycles. The van der Waals surface area contributed by atoms with Crippen LogP contribution in [0.4, 0.5) is 10.5 Å². The molecule has 38 heavy (non-hydrogen) atoms. The van der Waals surface area contributed by atoms with Crippen molar-refractivity contribution in [3.05, 3.63) is 59.1 Å². The van der Waals surface area contributed by atoms with Crippen LogP contribution < -0.4 is 15.0 Å². The predicted octanol–water partition coefficient (Wildman–Crippen LogP) is 4.09. The summed E-state index contributed by atoms with van der Waals surface area (Å²) in [6, 6.07) is 13.0. The standard InChI is InChI=1S/C26H30ClN3O6S2/c1-26(2,3)36-25(32)28-19(12-16-8-6-5-7-9-16)23(31)29-24-30(17-10-11-21(35-4)18(27)13-17)20-14-38(33,34)15-22(20)37-24/h5-11,13,19-20,22H,12,14-15H2,1-4H3,(H,28,32)/t19-,20+,22+/m0/s1. The fourth-order valence-corrected chi connectivity index (χ4v) is 8.51. The van der Waals surface area contributed by atoms with Gasteiger partial charge in [-0.25, -0.2) is 13.2 Å². The Morgan fingerprint density at radius 1 is 1.18 bits per heavy atom. The van der Waals surface area contributed by atoms with E-state index in [0.29, 0.717) is 21.6 Å². The number of halogens is 1. The Balaban J connectivity index is 1.67. The van der Waals surface area contributed by atoms with Crippen molar-refractivity contribution < 1.29 is 27.5 Å². The van der Waals surface area contributed by atoms with Crippen molar-refractivity contribution in [3.8, 4) is 5.75 Å². The van der Waals surface area contributed by atoms with Crippen LogP contribution in [0.5, 0.6) is 5.75 Å². The topological polar surface area (TPSA) is 114 Å². The number of benzene rings is 2. The summed E-state index contributed by atoms with van der Waals surface area (Å²) in [5, 5.41) is 3.06. The number of methoxy groups -OCH3 is 1. The molecule has 2 fully saturated rings. The highest BCUT2D eigenvalue weighted by atomic mass is 35.5. The number of carbonyl (C=O) groups excluding carboxylic acids is 2. The largest absolute Gasteiger partial charge is 0.495 e. The fraction of sp³-hybridized carbons (Fsp3) is 0.423. The molecule has 2 saturated heterocycles. The number of fused-ring (bicyclic) bond motifs is 1. The second kappa shape index (κ2) is 11.2. The number of nitrogens with zero attached hydrogens (tertiary/aromatic N) is 2. The molecule has 3 atom stereocenters. The van der Waals surface area contributed by atoms with Crippen molar-refractivity contribution in [2.24, 2.45) is 4.99 Å². The molecule has 12 heteroatoms. The maximum atomic E-state index is 13.5. The Morgan fingerprint density at radius 2 is 1.89 bits per heavy atom. The van der Waals surface area contributed by atoms with E-state index < -0.39 is 39.5 Å². The van der Waals surface area contributed by atoms with Gasteiger partial charge in [0.15, 0.2) is 15.0 Å². The molecule has 2 aromatic rings. The summed E-state index contributed by atoms with van der Waals surface area (Å²) in [6.45, 7) is 5.21. The zero-order valence-electron chi connectivity index (χ0n) is 21.5. The summed E-state index contributed by atoms with van der Waals surface area (Å²) in [5.74, 6) is -0.184. The molecule has 2 heterocycles. The van der Waals surface area contributed by atoms with Gasteiger partial charge in [0.25, 0.3) is 5.91 Å². The number of alkyl carbamates (subject to hydrolysis) is 1. The molecule has 0 radical (unpaired) electrons. The van der Waals surface area contributed by atoms with E-state index in [2.05, 4.69) is 10.3 Å². The number of hydrogen-bond acceptors (Lipinski definition) is 7. The molecular formula is C26H30ClN3O6S2. The van der Waals surface area contributed by atoms with E-state index >= 15 is 0 Å². The van der Waals surface area contributed by atoms with Gasteiger partial charge in [0, 0.05) is 17.4 Å². The molecular weight excluding hydrogens is 550 g/mol. The first-order valence-electron chi connectivity index (χ1n) is 12.0. The van der Waals surface area contributed by atoms with Crippen molar-refractivity contribution in [2.75, 3.05) is 23.5 Å². The molecule has 9 nitrogen and oxygen atoms in total. The lowest BCUT2D eigenvalue weighted by molar-refractivity contribution is -0.119. The van der Waals surface area contributed by atoms with Crippen LogP contribution in [0.2, 0.25) is 5.02 Å². The smallest absolute Gasteiger partial charge is 0.408 e. The average molecular weight is 580 g/mol. The molecule has 2 amide bonds. The number of anilines is 1. The van der Waals surface area contributed by atoms with Gasteiger partial charge < -0.3 is 19.7 Å². The molecule has 2 aromatic carbocycles. The first kappa shape index (κ1) is 28.3. The number of amidine groups is 1. The molecule has 4 rings (SSSR count). The van der Waals surface area contributed by atoms with Gasteiger partial charge in [0.1, 0.15) is 17.4 Å². The van der Waals surface area contributed by atoms with Gasteiger partial charge in [-0.2, -0.15) is 4.99 Å². The average Bonchev–Trinajstić information content (AvgIpc) is 3.28.